The number of alkyl halides is 3. The van der Waals surface area contributed by atoms with Gasteiger partial charge < -0.3 is 14.4 Å². The van der Waals surface area contributed by atoms with Gasteiger partial charge in [-0.2, -0.15) is 13.2 Å². The Balaban J connectivity index is 1.92. The Morgan fingerprint density at radius 3 is 2.50 bits per heavy atom. The average molecular weight is 345 g/mol. The second kappa shape index (κ2) is 8.26. The zero-order valence-corrected chi connectivity index (χ0v) is 13.7. The van der Waals surface area contributed by atoms with E-state index in [1.54, 1.807) is 12.1 Å². The molecule has 0 radical (unpaired) electrons. The number of carbonyl (C=O) groups excluding carboxylic acids is 1. The van der Waals surface area contributed by atoms with Crippen LogP contribution in [0.3, 0.4) is 0 Å². The molecule has 4 nitrogen and oxygen atoms in total. The Morgan fingerprint density at radius 2 is 1.88 bits per heavy atom. The van der Waals surface area contributed by atoms with Gasteiger partial charge in [0.15, 0.2) is 18.1 Å². The van der Waals surface area contributed by atoms with Gasteiger partial charge in [0, 0.05) is 19.5 Å². The lowest BCUT2D eigenvalue weighted by Crippen LogP contribution is -2.35. The Labute approximate surface area is 139 Å². The maximum Gasteiger partial charge on any atom is 0.422 e. The number of piperidine rings is 1. The van der Waals surface area contributed by atoms with E-state index in [1.807, 2.05) is 4.90 Å². The molecular formula is C17H22F3NO3. The topological polar surface area (TPSA) is 38.8 Å². The van der Waals surface area contributed by atoms with Crippen molar-refractivity contribution in [2.24, 2.45) is 0 Å². The number of aryl methyl sites for hydroxylation is 1. The maximum atomic E-state index is 12.2. The molecule has 1 aliphatic rings. The molecule has 1 fully saturated rings. The predicted molar refractivity (Wildman–Crippen MR) is 83.3 cm³/mol. The molecule has 0 saturated carbocycles. The van der Waals surface area contributed by atoms with Crippen LogP contribution in [-0.2, 0) is 11.2 Å². The van der Waals surface area contributed by atoms with Crippen LogP contribution in [0.4, 0.5) is 13.2 Å². The van der Waals surface area contributed by atoms with Gasteiger partial charge in [0.1, 0.15) is 0 Å². The van der Waals surface area contributed by atoms with Gasteiger partial charge in [0.25, 0.3) is 0 Å². The molecule has 0 N–H and O–H groups in total. The predicted octanol–water partition coefficient (Wildman–Crippen LogP) is 3.58. The van der Waals surface area contributed by atoms with Crippen molar-refractivity contribution in [3.8, 4) is 11.5 Å². The van der Waals surface area contributed by atoms with Crippen molar-refractivity contribution in [3.63, 3.8) is 0 Å². The van der Waals surface area contributed by atoms with E-state index in [-0.39, 0.29) is 17.4 Å². The van der Waals surface area contributed by atoms with E-state index in [9.17, 15) is 18.0 Å². The fourth-order valence-electron chi connectivity index (χ4n) is 2.70. The summed E-state index contributed by atoms with van der Waals surface area (Å²) in [6, 6.07) is 4.73. The summed E-state index contributed by atoms with van der Waals surface area (Å²) in [5.41, 5.74) is 0.830. The van der Waals surface area contributed by atoms with E-state index < -0.39 is 12.8 Å². The Morgan fingerprint density at radius 1 is 1.17 bits per heavy atom. The number of rotatable bonds is 6. The van der Waals surface area contributed by atoms with E-state index in [0.29, 0.717) is 12.8 Å². The minimum absolute atomic E-state index is 0.0425. The monoisotopic (exact) mass is 345 g/mol. The van der Waals surface area contributed by atoms with Crippen LogP contribution < -0.4 is 9.47 Å². The average Bonchev–Trinajstić information content (AvgIpc) is 2.58. The summed E-state index contributed by atoms with van der Waals surface area (Å²) in [4.78, 5) is 14.0. The fourth-order valence-corrected chi connectivity index (χ4v) is 2.70. The van der Waals surface area contributed by atoms with Crippen LogP contribution in [-0.4, -0.2) is 43.8 Å². The molecule has 0 aliphatic carbocycles. The third-order valence-corrected chi connectivity index (χ3v) is 3.96. The molecule has 1 aliphatic heterocycles. The molecule has 1 heterocycles. The summed E-state index contributed by atoms with van der Waals surface area (Å²) in [6.45, 7) is 0.259. The molecule has 0 unspecified atom stereocenters. The fraction of sp³-hybridized carbons (Fsp3) is 0.588. The standard InChI is InChI=1S/C17H22F3NO3/c1-23-15-11-13(5-7-14(15)24-12-17(18,19)20)6-8-16(22)21-9-3-2-4-10-21/h5,7,11H,2-4,6,8-10,12H2,1H3. The zero-order valence-electron chi connectivity index (χ0n) is 13.7. The first-order chi connectivity index (χ1) is 11.4. The van der Waals surface area contributed by atoms with Gasteiger partial charge in [-0.05, 0) is 43.4 Å². The number of halogens is 3. The highest BCUT2D eigenvalue weighted by Crippen LogP contribution is 2.30. The van der Waals surface area contributed by atoms with Crippen LogP contribution in [0.5, 0.6) is 11.5 Å². The zero-order chi connectivity index (χ0) is 17.6. The highest BCUT2D eigenvalue weighted by molar-refractivity contribution is 5.76. The number of hydrogen-bond donors (Lipinski definition) is 0. The summed E-state index contributed by atoms with van der Waals surface area (Å²) in [5.74, 6) is 0.397. The lowest BCUT2D eigenvalue weighted by Gasteiger charge is -2.26. The Hall–Kier alpha value is -1.92. The summed E-state index contributed by atoms with van der Waals surface area (Å²) in [5, 5.41) is 0. The van der Waals surface area contributed by atoms with E-state index in [1.165, 1.54) is 19.6 Å². The van der Waals surface area contributed by atoms with Crippen molar-refractivity contribution in [2.75, 3.05) is 26.8 Å². The normalized spacial score (nSPS) is 15.2. The van der Waals surface area contributed by atoms with Crippen LogP contribution in [0.15, 0.2) is 18.2 Å². The van der Waals surface area contributed by atoms with Gasteiger partial charge in [-0.25, -0.2) is 0 Å². The number of hydrogen-bond acceptors (Lipinski definition) is 3. The van der Waals surface area contributed by atoms with Crippen LogP contribution in [0.25, 0.3) is 0 Å². The molecule has 1 aromatic rings. The van der Waals surface area contributed by atoms with Crippen LogP contribution in [0, 0.1) is 0 Å². The minimum atomic E-state index is -4.40. The first-order valence-electron chi connectivity index (χ1n) is 8.03. The van der Waals surface area contributed by atoms with Crippen molar-refractivity contribution in [3.05, 3.63) is 23.8 Å². The van der Waals surface area contributed by atoms with Crippen molar-refractivity contribution < 1.29 is 27.4 Å². The van der Waals surface area contributed by atoms with Gasteiger partial charge in [-0.1, -0.05) is 6.07 Å². The summed E-state index contributed by atoms with van der Waals surface area (Å²) in [6.07, 6.45) is -0.238. The highest BCUT2D eigenvalue weighted by atomic mass is 19.4. The van der Waals surface area contributed by atoms with Gasteiger partial charge in [-0.15, -0.1) is 0 Å². The molecule has 7 heteroatoms. The van der Waals surface area contributed by atoms with Gasteiger partial charge in [0.2, 0.25) is 5.91 Å². The SMILES string of the molecule is COc1cc(CCC(=O)N2CCCCC2)ccc1OCC(F)(F)F. The maximum absolute atomic E-state index is 12.2. The molecular weight excluding hydrogens is 323 g/mol. The summed E-state index contributed by atoms with van der Waals surface area (Å²) in [7, 11) is 1.37. The van der Waals surface area contributed by atoms with E-state index in [2.05, 4.69) is 0 Å². The van der Waals surface area contributed by atoms with E-state index in [0.717, 1.165) is 31.5 Å². The first kappa shape index (κ1) is 18.4. The molecule has 24 heavy (non-hydrogen) atoms. The third kappa shape index (κ3) is 5.62. The van der Waals surface area contributed by atoms with Crippen molar-refractivity contribution in [1.82, 2.24) is 4.90 Å². The number of benzene rings is 1. The Bertz CT molecular complexity index is 555. The molecule has 0 spiro atoms. The number of methoxy groups -OCH3 is 1. The molecule has 1 amide bonds. The van der Waals surface area contributed by atoms with Crippen molar-refractivity contribution >= 4 is 5.91 Å². The quantitative estimate of drug-likeness (QED) is 0.791. The van der Waals surface area contributed by atoms with Gasteiger partial charge in [0.05, 0.1) is 7.11 Å². The molecule has 134 valence electrons. The number of likely N-dealkylation sites (tertiary alicyclic amines) is 1. The first-order valence-corrected chi connectivity index (χ1v) is 8.03. The van der Waals surface area contributed by atoms with Crippen LogP contribution in [0.1, 0.15) is 31.2 Å². The van der Waals surface area contributed by atoms with E-state index in [4.69, 9.17) is 9.47 Å². The van der Waals surface area contributed by atoms with Crippen LogP contribution >= 0.6 is 0 Å². The molecule has 2 rings (SSSR count). The smallest absolute Gasteiger partial charge is 0.422 e. The summed E-state index contributed by atoms with van der Waals surface area (Å²) < 4.78 is 46.5. The highest BCUT2D eigenvalue weighted by Gasteiger charge is 2.29. The van der Waals surface area contributed by atoms with Gasteiger partial charge >= 0.3 is 6.18 Å². The van der Waals surface area contributed by atoms with E-state index >= 15 is 0 Å². The lowest BCUT2D eigenvalue weighted by molar-refractivity contribution is -0.153. The summed E-state index contributed by atoms with van der Waals surface area (Å²) >= 11 is 0. The lowest BCUT2D eigenvalue weighted by atomic mass is 10.1. The van der Waals surface area contributed by atoms with Gasteiger partial charge in [-0.3, -0.25) is 4.79 Å². The molecule has 0 aromatic heterocycles. The van der Waals surface area contributed by atoms with Crippen molar-refractivity contribution in [2.45, 2.75) is 38.3 Å². The largest absolute Gasteiger partial charge is 0.493 e. The second-order valence-electron chi connectivity index (χ2n) is 5.83. The van der Waals surface area contributed by atoms with Crippen molar-refractivity contribution in [1.29, 1.82) is 0 Å². The molecule has 1 saturated heterocycles. The second-order valence-corrected chi connectivity index (χ2v) is 5.83. The third-order valence-electron chi connectivity index (χ3n) is 3.96. The number of ether oxygens (including phenoxy) is 2. The molecule has 0 atom stereocenters. The van der Waals surface area contributed by atoms with Crippen LogP contribution in [0.2, 0.25) is 0 Å². The number of amides is 1. The molecule has 1 aromatic carbocycles. The molecule has 0 bridgehead atoms. The minimum Gasteiger partial charge on any atom is -0.493 e. The number of nitrogens with zero attached hydrogens (tertiary/aromatic N) is 1. The Kier molecular flexibility index (Phi) is 6.34. The number of carbonyl (C=O) groups is 1.